The Bertz CT molecular complexity index is 304. The third-order valence-electron chi connectivity index (χ3n) is 4.09. The third-order valence-corrected chi connectivity index (χ3v) is 4.09. The molecule has 122 valence electrons. The van der Waals surface area contributed by atoms with E-state index in [1.165, 1.54) is 38.5 Å². The quantitative estimate of drug-likeness (QED) is 0.330. The molecule has 1 fully saturated rings. The lowest BCUT2D eigenvalue weighted by molar-refractivity contribution is -0.147. The predicted octanol–water partition coefficient (Wildman–Crippen LogP) is 4.79. The van der Waals surface area contributed by atoms with Gasteiger partial charge in [-0.05, 0) is 39.0 Å². The zero-order valence-electron chi connectivity index (χ0n) is 13.9. The first kappa shape index (κ1) is 18.2. The lowest BCUT2D eigenvalue weighted by Crippen LogP contribution is -2.28. The van der Waals surface area contributed by atoms with Crippen LogP contribution in [0.15, 0.2) is 12.2 Å². The van der Waals surface area contributed by atoms with Gasteiger partial charge in [0.2, 0.25) is 0 Å². The average molecular weight is 296 g/mol. The summed E-state index contributed by atoms with van der Waals surface area (Å²) >= 11 is 0. The standard InChI is InChI=1S/C18H32O3/c1-4-5-6-7-8-9-14-20-16-10-12-17(13-11-16)21-18(19)15(2)3/h16-17H,2,4-14H2,1,3H3. The average Bonchev–Trinajstić information content (AvgIpc) is 2.48. The van der Waals surface area contributed by atoms with Crippen LogP contribution in [0.25, 0.3) is 0 Å². The molecule has 0 spiro atoms. The molecule has 0 atom stereocenters. The Morgan fingerprint density at radius 3 is 2.19 bits per heavy atom. The van der Waals surface area contributed by atoms with Crippen LogP contribution in [-0.2, 0) is 14.3 Å². The summed E-state index contributed by atoms with van der Waals surface area (Å²) in [4.78, 5) is 11.5. The fourth-order valence-electron chi connectivity index (χ4n) is 2.70. The van der Waals surface area contributed by atoms with Crippen LogP contribution in [0.4, 0.5) is 0 Å². The number of ether oxygens (including phenoxy) is 2. The molecule has 0 saturated heterocycles. The van der Waals surface area contributed by atoms with E-state index >= 15 is 0 Å². The van der Waals surface area contributed by atoms with Gasteiger partial charge in [-0.2, -0.15) is 0 Å². The maximum Gasteiger partial charge on any atom is 0.333 e. The maximum atomic E-state index is 11.5. The van der Waals surface area contributed by atoms with Crippen LogP contribution in [-0.4, -0.2) is 24.8 Å². The number of carbonyl (C=O) groups is 1. The van der Waals surface area contributed by atoms with Crippen molar-refractivity contribution in [2.24, 2.45) is 0 Å². The second kappa shape index (κ2) is 10.8. The molecule has 0 aromatic carbocycles. The van der Waals surface area contributed by atoms with Crippen molar-refractivity contribution in [2.75, 3.05) is 6.61 Å². The van der Waals surface area contributed by atoms with Gasteiger partial charge >= 0.3 is 5.97 Å². The minimum absolute atomic E-state index is 0.0584. The van der Waals surface area contributed by atoms with Gasteiger partial charge in [0, 0.05) is 12.2 Å². The molecular weight excluding hydrogens is 264 g/mol. The van der Waals surface area contributed by atoms with Crippen molar-refractivity contribution in [3.63, 3.8) is 0 Å². The summed E-state index contributed by atoms with van der Waals surface area (Å²) in [5.74, 6) is -0.258. The zero-order valence-corrected chi connectivity index (χ0v) is 13.9. The molecule has 3 nitrogen and oxygen atoms in total. The zero-order chi connectivity index (χ0) is 15.5. The van der Waals surface area contributed by atoms with Gasteiger partial charge in [-0.3, -0.25) is 0 Å². The molecule has 0 amide bonds. The van der Waals surface area contributed by atoms with Gasteiger partial charge in [-0.15, -0.1) is 0 Å². The minimum atomic E-state index is -0.258. The summed E-state index contributed by atoms with van der Waals surface area (Å²) in [5, 5.41) is 0. The molecule has 1 saturated carbocycles. The second-order valence-electron chi connectivity index (χ2n) is 6.22. The highest BCUT2D eigenvalue weighted by molar-refractivity contribution is 5.87. The molecule has 0 aromatic heterocycles. The topological polar surface area (TPSA) is 35.5 Å². The number of carbonyl (C=O) groups excluding carboxylic acids is 1. The van der Waals surface area contributed by atoms with E-state index in [2.05, 4.69) is 13.5 Å². The lowest BCUT2D eigenvalue weighted by Gasteiger charge is -2.28. The highest BCUT2D eigenvalue weighted by Crippen LogP contribution is 2.24. The Kier molecular flexibility index (Phi) is 9.40. The molecular formula is C18H32O3. The van der Waals surface area contributed by atoms with Crippen LogP contribution in [0.5, 0.6) is 0 Å². The van der Waals surface area contributed by atoms with Gasteiger partial charge in [-0.25, -0.2) is 4.79 Å². The van der Waals surface area contributed by atoms with E-state index in [-0.39, 0.29) is 12.1 Å². The minimum Gasteiger partial charge on any atom is -0.459 e. The fraction of sp³-hybridized carbons (Fsp3) is 0.833. The van der Waals surface area contributed by atoms with E-state index in [0.717, 1.165) is 32.3 Å². The Morgan fingerprint density at radius 2 is 1.57 bits per heavy atom. The SMILES string of the molecule is C=C(C)C(=O)OC1CCC(OCCCCCCCC)CC1. The van der Waals surface area contributed by atoms with E-state index in [1.54, 1.807) is 6.92 Å². The van der Waals surface area contributed by atoms with Crippen LogP contribution in [0.1, 0.15) is 78.1 Å². The molecule has 1 aliphatic rings. The Morgan fingerprint density at radius 1 is 1.00 bits per heavy atom. The van der Waals surface area contributed by atoms with E-state index in [1.807, 2.05) is 0 Å². The van der Waals surface area contributed by atoms with Crippen molar-refractivity contribution < 1.29 is 14.3 Å². The van der Waals surface area contributed by atoms with Crippen molar-refractivity contribution in [2.45, 2.75) is 90.3 Å². The summed E-state index contributed by atoms with van der Waals surface area (Å²) in [7, 11) is 0. The summed E-state index contributed by atoms with van der Waals surface area (Å²) in [6.45, 7) is 8.43. The monoisotopic (exact) mass is 296 g/mol. The van der Waals surface area contributed by atoms with Crippen molar-refractivity contribution in [3.8, 4) is 0 Å². The third kappa shape index (κ3) is 8.25. The van der Waals surface area contributed by atoms with Gasteiger partial charge < -0.3 is 9.47 Å². The van der Waals surface area contributed by atoms with E-state index < -0.39 is 0 Å². The van der Waals surface area contributed by atoms with Crippen molar-refractivity contribution >= 4 is 5.97 Å². The highest BCUT2D eigenvalue weighted by Gasteiger charge is 2.24. The lowest BCUT2D eigenvalue weighted by atomic mass is 9.95. The van der Waals surface area contributed by atoms with E-state index in [9.17, 15) is 4.79 Å². The van der Waals surface area contributed by atoms with Gasteiger partial charge in [-0.1, -0.05) is 45.6 Å². The number of unbranched alkanes of at least 4 members (excludes halogenated alkanes) is 5. The maximum absolute atomic E-state index is 11.5. The summed E-state index contributed by atoms with van der Waals surface area (Å²) in [5.41, 5.74) is 0.483. The second-order valence-corrected chi connectivity index (χ2v) is 6.22. The number of rotatable bonds is 10. The first-order valence-electron chi connectivity index (χ1n) is 8.61. The van der Waals surface area contributed by atoms with Crippen LogP contribution < -0.4 is 0 Å². The van der Waals surface area contributed by atoms with Crippen LogP contribution in [0, 0.1) is 0 Å². The van der Waals surface area contributed by atoms with Crippen molar-refractivity contribution in [3.05, 3.63) is 12.2 Å². The van der Waals surface area contributed by atoms with Gasteiger partial charge in [0.1, 0.15) is 6.10 Å². The highest BCUT2D eigenvalue weighted by atomic mass is 16.5. The van der Waals surface area contributed by atoms with Crippen molar-refractivity contribution in [1.29, 1.82) is 0 Å². The van der Waals surface area contributed by atoms with Gasteiger partial charge in [0.25, 0.3) is 0 Å². The molecule has 1 aliphatic carbocycles. The Hall–Kier alpha value is -0.830. The van der Waals surface area contributed by atoms with Gasteiger partial charge in [0.15, 0.2) is 0 Å². The van der Waals surface area contributed by atoms with Crippen LogP contribution in [0.3, 0.4) is 0 Å². The normalized spacial score (nSPS) is 22.0. The number of hydrogen-bond acceptors (Lipinski definition) is 3. The van der Waals surface area contributed by atoms with Gasteiger partial charge in [0.05, 0.1) is 6.10 Å². The molecule has 0 bridgehead atoms. The molecule has 0 radical (unpaired) electrons. The molecule has 1 rings (SSSR count). The number of esters is 1. The van der Waals surface area contributed by atoms with E-state index in [0.29, 0.717) is 11.7 Å². The smallest absolute Gasteiger partial charge is 0.333 e. The van der Waals surface area contributed by atoms with Crippen LogP contribution >= 0.6 is 0 Å². The first-order valence-corrected chi connectivity index (χ1v) is 8.61. The molecule has 0 aromatic rings. The molecule has 0 unspecified atom stereocenters. The largest absolute Gasteiger partial charge is 0.459 e. The first-order chi connectivity index (χ1) is 10.1. The van der Waals surface area contributed by atoms with Crippen LogP contribution in [0.2, 0.25) is 0 Å². The molecule has 0 heterocycles. The number of hydrogen-bond donors (Lipinski definition) is 0. The molecule has 0 aliphatic heterocycles. The summed E-state index contributed by atoms with van der Waals surface area (Å²) in [6.07, 6.45) is 12.1. The summed E-state index contributed by atoms with van der Waals surface area (Å²) in [6, 6.07) is 0. The predicted molar refractivity (Wildman–Crippen MR) is 86.3 cm³/mol. The molecule has 0 N–H and O–H groups in total. The molecule has 3 heteroatoms. The summed E-state index contributed by atoms with van der Waals surface area (Å²) < 4.78 is 11.3. The molecule has 21 heavy (non-hydrogen) atoms. The van der Waals surface area contributed by atoms with E-state index in [4.69, 9.17) is 9.47 Å². The fourth-order valence-corrected chi connectivity index (χ4v) is 2.70. The Balaban J connectivity index is 2.00. The Labute approximate surface area is 130 Å². The van der Waals surface area contributed by atoms with Crippen molar-refractivity contribution in [1.82, 2.24) is 0 Å².